The Bertz CT molecular complexity index is 967. The number of carbonyl (C=O) groups is 1. The fourth-order valence-electron chi connectivity index (χ4n) is 3.26. The third-order valence-corrected chi connectivity index (χ3v) is 4.93. The summed E-state index contributed by atoms with van der Waals surface area (Å²) in [5, 5.41) is 48.4. The van der Waals surface area contributed by atoms with Gasteiger partial charge in [-0.15, -0.1) is 0 Å². The number of aromatic hydroxyl groups is 1. The molecule has 0 aromatic heterocycles. The third-order valence-electron chi connectivity index (χ3n) is 4.93. The van der Waals surface area contributed by atoms with E-state index < -0.39 is 37.3 Å². The second kappa shape index (κ2) is 8.05. The molecule has 0 aliphatic carbocycles. The van der Waals surface area contributed by atoms with E-state index in [4.69, 9.17) is 14.2 Å². The number of hydrogen-bond acceptors (Lipinski definition) is 9. The molecule has 2 aromatic carbocycles. The zero-order chi connectivity index (χ0) is 21.4. The number of ketones is 1. The van der Waals surface area contributed by atoms with Crippen molar-refractivity contribution in [2.24, 2.45) is 0 Å². The summed E-state index contributed by atoms with van der Waals surface area (Å²) in [6.45, 7) is -0.571. The number of benzene rings is 2. The van der Waals surface area contributed by atoms with Crippen LogP contribution in [0.15, 0.2) is 48.2 Å². The lowest BCUT2D eigenvalue weighted by atomic mass is 9.99. The fraction of sp³-hybridized carbons (Fsp3) is 0.286. The fourth-order valence-corrected chi connectivity index (χ4v) is 3.26. The van der Waals surface area contributed by atoms with E-state index in [9.17, 15) is 30.3 Å². The van der Waals surface area contributed by atoms with Crippen LogP contribution in [-0.2, 0) is 4.74 Å². The molecule has 30 heavy (non-hydrogen) atoms. The van der Waals surface area contributed by atoms with Crippen molar-refractivity contribution in [3.8, 4) is 17.2 Å². The zero-order valence-corrected chi connectivity index (χ0v) is 15.6. The number of allylic oxidation sites excluding steroid dienone is 1. The van der Waals surface area contributed by atoms with Crippen molar-refractivity contribution in [2.45, 2.75) is 30.7 Å². The summed E-state index contributed by atoms with van der Waals surface area (Å²) in [7, 11) is 0. The van der Waals surface area contributed by atoms with Gasteiger partial charge >= 0.3 is 0 Å². The molecule has 0 spiro atoms. The second-order valence-corrected chi connectivity index (χ2v) is 7.00. The van der Waals surface area contributed by atoms with Crippen molar-refractivity contribution in [1.29, 1.82) is 0 Å². The van der Waals surface area contributed by atoms with Crippen LogP contribution in [-0.4, -0.2) is 68.6 Å². The van der Waals surface area contributed by atoms with Crippen molar-refractivity contribution >= 4 is 11.9 Å². The number of phenols is 1. The number of aliphatic hydroxyl groups excluding tert-OH is 4. The number of hydrogen-bond donors (Lipinski definition) is 5. The lowest BCUT2D eigenvalue weighted by Crippen LogP contribution is -2.60. The van der Waals surface area contributed by atoms with Gasteiger partial charge in [-0.05, 0) is 35.9 Å². The first-order valence-corrected chi connectivity index (χ1v) is 9.22. The molecule has 9 heteroatoms. The highest BCUT2D eigenvalue weighted by atomic mass is 16.7. The minimum Gasteiger partial charge on any atom is -0.508 e. The molecule has 5 atom stereocenters. The smallest absolute Gasteiger partial charge is 0.231 e. The summed E-state index contributed by atoms with van der Waals surface area (Å²) in [5.41, 5.74) is 0.989. The summed E-state index contributed by atoms with van der Waals surface area (Å²) >= 11 is 0. The molecular weight excluding hydrogens is 396 g/mol. The zero-order valence-electron chi connectivity index (χ0n) is 15.6. The molecule has 1 saturated heterocycles. The van der Waals surface area contributed by atoms with Crippen LogP contribution in [0.1, 0.15) is 15.9 Å². The molecule has 2 aromatic rings. The summed E-state index contributed by atoms with van der Waals surface area (Å²) in [6.07, 6.45) is -5.50. The van der Waals surface area contributed by atoms with Crippen LogP contribution in [0.3, 0.4) is 0 Å². The standard InChI is InChI=1S/C21H20O9/c22-9-16-18(25)19(26)20(27)21(30-16)28-12-5-6-13-14(8-12)29-15(17(13)24)7-10-1-3-11(23)4-2-10/h1-8,16,18-23,25-27H,9H2. The molecule has 5 unspecified atom stereocenters. The van der Waals surface area contributed by atoms with Gasteiger partial charge in [0.25, 0.3) is 0 Å². The Hall–Kier alpha value is -2.95. The predicted molar refractivity (Wildman–Crippen MR) is 102 cm³/mol. The molecular formula is C21H20O9. The van der Waals surface area contributed by atoms with Gasteiger partial charge in [0.15, 0.2) is 5.76 Å². The molecule has 0 bridgehead atoms. The molecule has 2 aliphatic rings. The van der Waals surface area contributed by atoms with Crippen molar-refractivity contribution in [3.63, 3.8) is 0 Å². The highest BCUT2D eigenvalue weighted by Gasteiger charge is 2.44. The van der Waals surface area contributed by atoms with Crippen molar-refractivity contribution < 1.29 is 44.5 Å². The Labute approximate surface area is 171 Å². The van der Waals surface area contributed by atoms with E-state index in [0.29, 0.717) is 11.1 Å². The Kier molecular flexibility index (Phi) is 5.46. The van der Waals surface area contributed by atoms with E-state index in [-0.39, 0.29) is 28.8 Å². The van der Waals surface area contributed by atoms with Gasteiger partial charge in [-0.3, -0.25) is 4.79 Å². The number of rotatable bonds is 4. The quantitative estimate of drug-likeness (QED) is 0.441. The maximum atomic E-state index is 12.5. The van der Waals surface area contributed by atoms with Gasteiger partial charge in [0.05, 0.1) is 12.2 Å². The van der Waals surface area contributed by atoms with E-state index in [0.717, 1.165) is 0 Å². The third kappa shape index (κ3) is 3.76. The molecule has 2 heterocycles. The van der Waals surface area contributed by atoms with Crippen LogP contribution in [0, 0.1) is 0 Å². The van der Waals surface area contributed by atoms with E-state index in [1.54, 1.807) is 18.2 Å². The first kappa shape index (κ1) is 20.3. The highest BCUT2D eigenvalue weighted by molar-refractivity contribution is 6.14. The number of carbonyl (C=O) groups excluding carboxylic acids is 1. The average molecular weight is 416 g/mol. The summed E-state index contributed by atoms with van der Waals surface area (Å²) in [4.78, 5) is 12.5. The lowest BCUT2D eigenvalue weighted by Gasteiger charge is -2.39. The van der Waals surface area contributed by atoms with Gasteiger partial charge in [0.2, 0.25) is 12.1 Å². The number of Topliss-reactive ketones (excluding diaryl/α,β-unsaturated/α-hetero) is 1. The molecule has 4 rings (SSSR count). The van der Waals surface area contributed by atoms with Gasteiger partial charge in [-0.25, -0.2) is 0 Å². The topological polar surface area (TPSA) is 146 Å². The molecule has 0 saturated carbocycles. The number of fused-ring (bicyclic) bond motifs is 1. The molecule has 9 nitrogen and oxygen atoms in total. The van der Waals surface area contributed by atoms with Crippen LogP contribution in [0.2, 0.25) is 0 Å². The molecule has 0 radical (unpaired) electrons. The minimum atomic E-state index is -1.56. The van der Waals surface area contributed by atoms with E-state index in [1.165, 1.54) is 30.3 Å². The largest absolute Gasteiger partial charge is 0.508 e. The van der Waals surface area contributed by atoms with E-state index in [1.807, 2.05) is 0 Å². The monoisotopic (exact) mass is 416 g/mol. The molecule has 0 amide bonds. The Morgan fingerprint density at radius 1 is 1.00 bits per heavy atom. The maximum absolute atomic E-state index is 12.5. The van der Waals surface area contributed by atoms with E-state index in [2.05, 4.69) is 0 Å². The van der Waals surface area contributed by atoms with Gasteiger partial charge in [0, 0.05) is 6.07 Å². The molecule has 5 N–H and O–H groups in total. The number of ether oxygens (including phenoxy) is 3. The molecule has 2 aliphatic heterocycles. The van der Waals surface area contributed by atoms with Crippen LogP contribution in [0.5, 0.6) is 17.2 Å². The van der Waals surface area contributed by atoms with Crippen LogP contribution >= 0.6 is 0 Å². The highest BCUT2D eigenvalue weighted by Crippen LogP contribution is 2.36. The lowest BCUT2D eigenvalue weighted by molar-refractivity contribution is -0.277. The summed E-state index contributed by atoms with van der Waals surface area (Å²) in [6, 6.07) is 10.7. The first-order chi connectivity index (χ1) is 14.4. The normalized spacial score (nSPS) is 29.5. The summed E-state index contributed by atoms with van der Waals surface area (Å²) < 4.78 is 16.5. The Morgan fingerprint density at radius 2 is 1.73 bits per heavy atom. The number of phenolic OH excluding ortho intramolecular Hbond substituents is 1. The van der Waals surface area contributed by atoms with Crippen LogP contribution < -0.4 is 9.47 Å². The second-order valence-electron chi connectivity index (χ2n) is 7.00. The van der Waals surface area contributed by atoms with Gasteiger partial charge < -0.3 is 39.7 Å². The van der Waals surface area contributed by atoms with Gasteiger partial charge in [-0.1, -0.05) is 12.1 Å². The minimum absolute atomic E-state index is 0.0979. The average Bonchev–Trinajstić information content (AvgIpc) is 3.05. The maximum Gasteiger partial charge on any atom is 0.231 e. The molecule has 158 valence electrons. The Morgan fingerprint density at radius 3 is 2.43 bits per heavy atom. The van der Waals surface area contributed by atoms with Gasteiger partial charge in [0.1, 0.15) is 41.7 Å². The van der Waals surface area contributed by atoms with Crippen molar-refractivity contribution in [3.05, 3.63) is 59.4 Å². The van der Waals surface area contributed by atoms with Crippen LogP contribution in [0.4, 0.5) is 0 Å². The van der Waals surface area contributed by atoms with Crippen molar-refractivity contribution in [2.75, 3.05) is 6.61 Å². The van der Waals surface area contributed by atoms with E-state index >= 15 is 0 Å². The molecule has 1 fully saturated rings. The first-order valence-electron chi connectivity index (χ1n) is 9.22. The van der Waals surface area contributed by atoms with Crippen LogP contribution in [0.25, 0.3) is 6.08 Å². The SMILES string of the molecule is O=C1C(=Cc2ccc(O)cc2)Oc2cc(OC3OC(CO)C(O)C(O)C3O)ccc21. The summed E-state index contributed by atoms with van der Waals surface area (Å²) in [5.74, 6) is 0.316. The predicted octanol–water partition coefficient (Wildman–Crippen LogP) is 0.187. The van der Waals surface area contributed by atoms with Gasteiger partial charge in [-0.2, -0.15) is 0 Å². The Balaban J connectivity index is 1.52. The van der Waals surface area contributed by atoms with Crippen molar-refractivity contribution in [1.82, 2.24) is 0 Å². The number of aliphatic hydroxyl groups is 4.